The normalized spacial score (nSPS) is 15.5. The molecule has 0 saturated heterocycles. The van der Waals surface area contributed by atoms with Gasteiger partial charge in [0.15, 0.2) is 0 Å². The molecule has 0 radical (unpaired) electrons. The summed E-state index contributed by atoms with van der Waals surface area (Å²) in [7, 11) is 0. The third-order valence-corrected chi connectivity index (χ3v) is 3.52. The maximum atomic E-state index is 12.1. The maximum Gasteiger partial charge on any atom is 0.275 e. The lowest BCUT2D eigenvalue weighted by atomic mass is 10.1. The number of aliphatic imine (C=N–C) groups is 1. The van der Waals surface area contributed by atoms with Gasteiger partial charge < -0.3 is 10.1 Å². The second-order valence-electron chi connectivity index (χ2n) is 5.31. The van der Waals surface area contributed by atoms with Gasteiger partial charge in [0.1, 0.15) is 17.3 Å². The molecular formula is C19H18N2O2. The third-order valence-electron chi connectivity index (χ3n) is 3.52. The predicted octanol–water partition coefficient (Wildman–Crippen LogP) is 3.31. The molecule has 1 aliphatic rings. The van der Waals surface area contributed by atoms with Crippen molar-refractivity contribution in [2.45, 2.75) is 13.8 Å². The molecule has 4 heteroatoms. The standard InChI is InChI=1S/C19H18N2O2/c1-3-23-16-10-6-14(7-11-16)12-17-19(22)21-18(20-17)15-8-4-13(2)5-9-15/h4-12H,3H2,1-2H3,(H,20,21,22)/b17-12+. The molecule has 1 amide bonds. The van der Waals surface area contributed by atoms with Crippen molar-refractivity contribution in [3.05, 3.63) is 70.9 Å². The van der Waals surface area contributed by atoms with Crippen molar-refractivity contribution < 1.29 is 9.53 Å². The Bertz CT molecular complexity index is 772. The Morgan fingerprint density at radius 2 is 1.78 bits per heavy atom. The summed E-state index contributed by atoms with van der Waals surface area (Å²) in [6.07, 6.45) is 1.77. The largest absolute Gasteiger partial charge is 0.494 e. The molecule has 0 unspecified atom stereocenters. The van der Waals surface area contributed by atoms with E-state index in [1.807, 2.05) is 62.4 Å². The van der Waals surface area contributed by atoms with Crippen LogP contribution in [0.5, 0.6) is 5.75 Å². The van der Waals surface area contributed by atoms with E-state index in [1.54, 1.807) is 6.08 Å². The Hall–Kier alpha value is -2.88. The fourth-order valence-corrected chi connectivity index (χ4v) is 2.30. The van der Waals surface area contributed by atoms with E-state index in [4.69, 9.17) is 4.74 Å². The predicted molar refractivity (Wildman–Crippen MR) is 91.4 cm³/mol. The molecule has 1 heterocycles. The highest BCUT2D eigenvalue weighted by Crippen LogP contribution is 2.18. The number of amides is 1. The number of nitrogens with zero attached hydrogens (tertiary/aromatic N) is 1. The zero-order valence-electron chi connectivity index (χ0n) is 13.2. The summed E-state index contributed by atoms with van der Waals surface area (Å²) >= 11 is 0. The van der Waals surface area contributed by atoms with Crippen LogP contribution in [0.2, 0.25) is 0 Å². The van der Waals surface area contributed by atoms with E-state index >= 15 is 0 Å². The third kappa shape index (κ3) is 3.48. The minimum atomic E-state index is -0.186. The lowest BCUT2D eigenvalue weighted by molar-refractivity contribution is -0.115. The van der Waals surface area contributed by atoms with Crippen molar-refractivity contribution in [2.24, 2.45) is 4.99 Å². The molecule has 0 aliphatic carbocycles. The van der Waals surface area contributed by atoms with Gasteiger partial charge in [0.05, 0.1) is 6.61 Å². The van der Waals surface area contributed by atoms with Gasteiger partial charge >= 0.3 is 0 Å². The van der Waals surface area contributed by atoms with Gasteiger partial charge in [-0.25, -0.2) is 4.99 Å². The number of rotatable bonds is 4. The summed E-state index contributed by atoms with van der Waals surface area (Å²) < 4.78 is 5.41. The lowest BCUT2D eigenvalue weighted by Gasteiger charge is -2.02. The van der Waals surface area contributed by atoms with Crippen molar-refractivity contribution in [3.8, 4) is 5.75 Å². The summed E-state index contributed by atoms with van der Waals surface area (Å²) in [5, 5.41) is 2.81. The van der Waals surface area contributed by atoms with Crippen LogP contribution in [0.25, 0.3) is 6.08 Å². The number of aryl methyl sites for hydroxylation is 1. The monoisotopic (exact) mass is 306 g/mol. The van der Waals surface area contributed by atoms with E-state index in [1.165, 1.54) is 5.56 Å². The van der Waals surface area contributed by atoms with Gasteiger partial charge in [-0.05, 0) is 37.6 Å². The number of hydrogen-bond donors (Lipinski definition) is 1. The average molecular weight is 306 g/mol. The number of benzene rings is 2. The van der Waals surface area contributed by atoms with E-state index in [0.717, 1.165) is 16.9 Å². The molecule has 3 rings (SSSR count). The number of ether oxygens (including phenoxy) is 1. The molecule has 0 bridgehead atoms. The van der Waals surface area contributed by atoms with E-state index in [0.29, 0.717) is 18.1 Å². The van der Waals surface area contributed by atoms with Gasteiger partial charge in [0, 0.05) is 5.56 Å². The van der Waals surface area contributed by atoms with Crippen LogP contribution in [0.4, 0.5) is 0 Å². The van der Waals surface area contributed by atoms with E-state index in [9.17, 15) is 4.79 Å². The average Bonchev–Trinajstić information content (AvgIpc) is 2.91. The molecule has 1 N–H and O–H groups in total. The Balaban J connectivity index is 1.84. The van der Waals surface area contributed by atoms with E-state index in [2.05, 4.69) is 10.3 Å². The van der Waals surface area contributed by atoms with Crippen LogP contribution >= 0.6 is 0 Å². The van der Waals surface area contributed by atoms with Crippen LogP contribution in [0.1, 0.15) is 23.6 Å². The van der Waals surface area contributed by atoms with Crippen molar-refractivity contribution in [1.82, 2.24) is 5.32 Å². The molecule has 0 spiro atoms. The summed E-state index contributed by atoms with van der Waals surface area (Å²) in [6, 6.07) is 15.5. The molecule has 2 aromatic carbocycles. The Kier molecular flexibility index (Phi) is 4.24. The number of hydrogen-bond acceptors (Lipinski definition) is 3. The highest BCUT2D eigenvalue weighted by molar-refractivity contribution is 6.19. The highest BCUT2D eigenvalue weighted by atomic mass is 16.5. The molecule has 23 heavy (non-hydrogen) atoms. The van der Waals surface area contributed by atoms with Gasteiger partial charge in [0.25, 0.3) is 5.91 Å². The van der Waals surface area contributed by atoms with Crippen molar-refractivity contribution in [1.29, 1.82) is 0 Å². The fourth-order valence-electron chi connectivity index (χ4n) is 2.30. The Morgan fingerprint density at radius 3 is 2.43 bits per heavy atom. The SMILES string of the molecule is CCOc1ccc(/C=C2/N=C(c3ccc(C)cc3)NC2=O)cc1. The van der Waals surface area contributed by atoms with Gasteiger partial charge in [0.2, 0.25) is 0 Å². The summed E-state index contributed by atoms with van der Waals surface area (Å²) in [4.78, 5) is 16.5. The second-order valence-corrected chi connectivity index (χ2v) is 5.31. The van der Waals surface area contributed by atoms with Crippen LogP contribution in [-0.4, -0.2) is 18.3 Å². The minimum Gasteiger partial charge on any atom is -0.494 e. The molecule has 116 valence electrons. The van der Waals surface area contributed by atoms with Gasteiger partial charge in [-0.2, -0.15) is 0 Å². The van der Waals surface area contributed by atoms with Crippen LogP contribution in [-0.2, 0) is 4.79 Å². The quantitative estimate of drug-likeness (QED) is 0.881. The number of carbonyl (C=O) groups excluding carboxylic acids is 1. The second kappa shape index (κ2) is 6.48. The van der Waals surface area contributed by atoms with Gasteiger partial charge in [-0.15, -0.1) is 0 Å². The van der Waals surface area contributed by atoms with Gasteiger partial charge in [-0.1, -0.05) is 42.0 Å². The minimum absolute atomic E-state index is 0.186. The van der Waals surface area contributed by atoms with Crippen LogP contribution in [0.3, 0.4) is 0 Å². The van der Waals surface area contributed by atoms with Crippen molar-refractivity contribution in [3.63, 3.8) is 0 Å². The lowest BCUT2D eigenvalue weighted by Crippen LogP contribution is -2.24. The van der Waals surface area contributed by atoms with Gasteiger partial charge in [-0.3, -0.25) is 4.79 Å². The smallest absolute Gasteiger partial charge is 0.275 e. The van der Waals surface area contributed by atoms with E-state index in [-0.39, 0.29) is 5.91 Å². The summed E-state index contributed by atoms with van der Waals surface area (Å²) in [5.41, 5.74) is 3.39. The molecule has 0 aromatic heterocycles. The molecule has 0 fully saturated rings. The summed E-state index contributed by atoms with van der Waals surface area (Å²) in [5.74, 6) is 1.22. The maximum absolute atomic E-state index is 12.1. The first-order valence-corrected chi connectivity index (χ1v) is 7.57. The van der Waals surface area contributed by atoms with Crippen molar-refractivity contribution >= 4 is 17.8 Å². The van der Waals surface area contributed by atoms with E-state index < -0.39 is 0 Å². The first-order chi connectivity index (χ1) is 11.2. The number of carbonyl (C=O) groups is 1. The number of amidine groups is 1. The first kappa shape index (κ1) is 15.0. The van der Waals surface area contributed by atoms with Crippen molar-refractivity contribution in [2.75, 3.05) is 6.61 Å². The Labute approximate surface area is 135 Å². The zero-order chi connectivity index (χ0) is 16.2. The van der Waals surface area contributed by atoms with Crippen LogP contribution in [0.15, 0.2) is 59.2 Å². The molecule has 4 nitrogen and oxygen atoms in total. The topological polar surface area (TPSA) is 50.7 Å². The van der Waals surface area contributed by atoms with Crippen LogP contribution < -0.4 is 10.1 Å². The van der Waals surface area contributed by atoms with Crippen LogP contribution in [0, 0.1) is 6.92 Å². The number of nitrogens with one attached hydrogen (secondary N) is 1. The zero-order valence-corrected chi connectivity index (χ0v) is 13.2. The Morgan fingerprint density at radius 1 is 1.09 bits per heavy atom. The molecule has 0 atom stereocenters. The molecule has 1 aliphatic heterocycles. The molecule has 0 saturated carbocycles. The molecular weight excluding hydrogens is 288 g/mol. The summed E-state index contributed by atoms with van der Waals surface area (Å²) in [6.45, 7) is 4.60. The highest BCUT2D eigenvalue weighted by Gasteiger charge is 2.20. The first-order valence-electron chi connectivity index (χ1n) is 7.57. The molecule has 2 aromatic rings. The fraction of sp³-hybridized carbons (Fsp3) is 0.158.